The highest BCUT2D eigenvalue weighted by atomic mass is 35.5. The van der Waals surface area contributed by atoms with Crippen molar-refractivity contribution < 1.29 is 14.3 Å². The molecular formula is C13H27Cl2N3O3. The summed E-state index contributed by atoms with van der Waals surface area (Å²) in [6.07, 6.45) is 1.49. The summed E-state index contributed by atoms with van der Waals surface area (Å²) >= 11 is 0. The number of carbonyl (C=O) groups is 1. The van der Waals surface area contributed by atoms with Crippen LogP contribution in [0.2, 0.25) is 0 Å². The Morgan fingerprint density at radius 2 is 1.90 bits per heavy atom. The van der Waals surface area contributed by atoms with Gasteiger partial charge in [-0.3, -0.25) is 9.69 Å². The Balaban J connectivity index is 0.00000200. The molecule has 0 bridgehead atoms. The molecule has 2 saturated heterocycles. The Morgan fingerprint density at radius 3 is 2.48 bits per heavy atom. The Hall–Kier alpha value is -0.110. The predicted octanol–water partition coefficient (Wildman–Crippen LogP) is 0.0470. The zero-order valence-electron chi connectivity index (χ0n) is 12.6. The van der Waals surface area contributed by atoms with E-state index < -0.39 is 5.60 Å². The van der Waals surface area contributed by atoms with Gasteiger partial charge in [-0.15, -0.1) is 24.8 Å². The van der Waals surface area contributed by atoms with Gasteiger partial charge in [0.15, 0.2) is 0 Å². The standard InChI is InChI=1S/C13H25N3O3.2ClH/c1-18-13(2-4-14-5-3-13)12(17)15-6-7-16-8-10-19-11-9-16;;/h14H,2-11H2,1H3,(H,15,17);2*1H. The van der Waals surface area contributed by atoms with Gasteiger partial charge in [-0.2, -0.15) is 0 Å². The average Bonchev–Trinajstić information content (AvgIpc) is 2.49. The summed E-state index contributed by atoms with van der Waals surface area (Å²) in [6, 6.07) is 0. The molecule has 0 radical (unpaired) electrons. The van der Waals surface area contributed by atoms with Gasteiger partial charge in [0.1, 0.15) is 5.60 Å². The van der Waals surface area contributed by atoms with Crippen molar-refractivity contribution in [3.05, 3.63) is 0 Å². The molecule has 2 heterocycles. The third-order valence-electron chi connectivity index (χ3n) is 4.03. The van der Waals surface area contributed by atoms with Crippen molar-refractivity contribution in [2.45, 2.75) is 18.4 Å². The zero-order valence-corrected chi connectivity index (χ0v) is 14.2. The molecule has 2 rings (SSSR count). The molecule has 2 N–H and O–H groups in total. The highest BCUT2D eigenvalue weighted by Crippen LogP contribution is 2.22. The molecule has 0 aromatic heterocycles. The fourth-order valence-corrected chi connectivity index (χ4v) is 2.67. The van der Waals surface area contributed by atoms with Gasteiger partial charge >= 0.3 is 0 Å². The number of carbonyl (C=O) groups excluding carboxylic acids is 1. The number of ether oxygens (including phenoxy) is 2. The summed E-state index contributed by atoms with van der Waals surface area (Å²) in [5.74, 6) is 0.0322. The largest absolute Gasteiger partial charge is 0.379 e. The topological polar surface area (TPSA) is 62.8 Å². The van der Waals surface area contributed by atoms with Gasteiger partial charge in [-0.1, -0.05) is 0 Å². The third-order valence-corrected chi connectivity index (χ3v) is 4.03. The second-order valence-electron chi connectivity index (χ2n) is 5.16. The molecule has 2 aliphatic heterocycles. The Morgan fingerprint density at radius 1 is 1.29 bits per heavy atom. The molecule has 2 aliphatic rings. The van der Waals surface area contributed by atoms with Crippen molar-refractivity contribution >= 4 is 30.7 Å². The SMILES string of the molecule is COC1(C(=O)NCCN2CCOCC2)CCNCC1.Cl.Cl. The molecule has 21 heavy (non-hydrogen) atoms. The van der Waals surface area contributed by atoms with Crippen molar-refractivity contribution in [2.24, 2.45) is 0 Å². The van der Waals surface area contributed by atoms with Crippen LogP contribution in [0.15, 0.2) is 0 Å². The lowest BCUT2D eigenvalue weighted by molar-refractivity contribution is -0.146. The molecule has 8 heteroatoms. The molecule has 1 amide bonds. The van der Waals surface area contributed by atoms with Crippen LogP contribution in [0.25, 0.3) is 0 Å². The average molecular weight is 344 g/mol. The summed E-state index contributed by atoms with van der Waals surface area (Å²) in [5.41, 5.74) is -0.629. The summed E-state index contributed by atoms with van der Waals surface area (Å²) in [4.78, 5) is 14.6. The van der Waals surface area contributed by atoms with Gasteiger partial charge in [-0.05, 0) is 25.9 Å². The van der Waals surface area contributed by atoms with E-state index >= 15 is 0 Å². The van der Waals surface area contributed by atoms with Crippen molar-refractivity contribution in [3.63, 3.8) is 0 Å². The first-order valence-corrected chi connectivity index (χ1v) is 7.11. The van der Waals surface area contributed by atoms with Crippen molar-refractivity contribution in [1.29, 1.82) is 0 Å². The molecule has 126 valence electrons. The van der Waals surface area contributed by atoms with Crippen LogP contribution in [-0.4, -0.2) is 76.0 Å². The van der Waals surface area contributed by atoms with E-state index in [1.807, 2.05) is 0 Å². The Labute approximate surface area is 139 Å². The quantitative estimate of drug-likeness (QED) is 0.738. The highest BCUT2D eigenvalue weighted by molar-refractivity contribution is 5.86. The van der Waals surface area contributed by atoms with Gasteiger partial charge in [0.25, 0.3) is 5.91 Å². The van der Waals surface area contributed by atoms with Crippen LogP contribution in [0.4, 0.5) is 0 Å². The van der Waals surface area contributed by atoms with Gasteiger partial charge in [0, 0.05) is 33.3 Å². The first-order valence-electron chi connectivity index (χ1n) is 7.11. The minimum atomic E-state index is -0.629. The fraction of sp³-hybridized carbons (Fsp3) is 0.923. The van der Waals surface area contributed by atoms with Gasteiger partial charge in [-0.25, -0.2) is 0 Å². The molecule has 0 aromatic rings. The van der Waals surface area contributed by atoms with Crippen molar-refractivity contribution in [3.8, 4) is 0 Å². The maximum absolute atomic E-state index is 12.3. The fourth-order valence-electron chi connectivity index (χ4n) is 2.67. The highest BCUT2D eigenvalue weighted by Gasteiger charge is 2.39. The van der Waals surface area contributed by atoms with Crippen LogP contribution < -0.4 is 10.6 Å². The number of halogens is 2. The number of amides is 1. The van der Waals surface area contributed by atoms with Crippen molar-refractivity contribution in [1.82, 2.24) is 15.5 Å². The van der Waals surface area contributed by atoms with E-state index in [9.17, 15) is 4.79 Å². The van der Waals surface area contributed by atoms with E-state index in [-0.39, 0.29) is 30.7 Å². The monoisotopic (exact) mass is 343 g/mol. The van der Waals surface area contributed by atoms with E-state index in [1.54, 1.807) is 7.11 Å². The van der Waals surface area contributed by atoms with Crippen LogP contribution >= 0.6 is 24.8 Å². The number of morpholine rings is 1. The maximum Gasteiger partial charge on any atom is 0.252 e. The van der Waals surface area contributed by atoms with Crippen LogP contribution in [0.1, 0.15) is 12.8 Å². The first kappa shape index (κ1) is 20.9. The van der Waals surface area contributed by atoms with Gasteiger partial charge < -0.3 is 20.1 Å². The summed E-state index contributed by atoms with van der Waals surface area (Å²) in [7, 11) is 1.63. The smallest absolute Gasteiger partial charge is 0.252 e. The number of hydrogen-bond acceptors (Lipinski definition) is 5. The lowest BCUT2D eigenvalue weighted by Gasteiger charge is -2.35. The molecule has 0 saturated carbocycles. The predicted molar refractivity (Wildman–Crippen MR) is 86.6 cm³/mol. The molecule has 2 fully saturated rings. The zero-order chi connectivity index (χ0) is 13.6. The summed E-state index contributed by atoms with van der Waals surface area (Å²) in [6.45, 7) is 6.73. The molecule has 0 aromatic carbocycles. The van der Waals surface area contributed by atoms with E-state index in [0.717, 1.165) is 58.8 Å². The van der Waals surface area contributed by atoms with E-state index in [1.165, 1.54) is 0 Å². The molecule has 0 unspecified atom stereocenters. The number of hydrogen-bond donors (Lipinski definition) is 2. The second-order valence-corrected chi connectivity index (χ2v) is 5.16. The van der Waals surface area contributed by atoms with E-state index in [0.29, 0.717) is 6.54 Å². The summed E-state index contributed by atoms with van der Waals surface area (Å²) < 4.78 is 10.8. The maximum atomic E-state index is 12.3. The van der Waals surface area contributed by atoms with Crippen LogP contribution in [0.3, 0.4) is 0 Å². The van der Waals surface area contributed by atoms with Crippen LogP contribution in [-0.2, 0) is 14.3 Å². The van der Waals surface area contributed by atoms with E-state index in [2.05, 4.69) is 15.5 Å². The van der Waals surface area contributed by atoms with Crippen LogP contribution in [0.5, 0.6) is 0 Å². The minimum Gasteiger partial charge on any atom is -0.379 e. The van der Waals surface area contributed by atoms with Crippen molar-refractivity contribution in [2.75, 3.05) is 59.6 Å². The number of piperidine rings is 1. The second kappa shape index (κ2) is 10.6. The number of rotatable bonds is 5. The first-order chi connectivity index (χ1) is 9.27. The lowest BCUT2D eigenvalue weighted by Crippen LogP contribution is -2.55. The molecule has 0 spiro atoms. The van der Waals surface area contributed by atoms with Gasteiger partial charge in [0.05, 0.1) is 13.2 Å². The molecule has 6 nitrogen and oxygen atoms in total. The third kappa shape index (κ3) is 5.88. The number of methoxy groups -OCH3 is 1. The summed E-state index contributed by atoms with van der Waals surface area (Å²) in [5, 5.41) is 6.27. The number of nitrogens with zero attached hydrogens (tertiary/aromatic N) is 1. The molecular weight excluding hydrogens is 317 g/mol. The Kier molecular flexibility index (Phi) is 10.5. The van der Waals surface area contributed by atoms with Gasteiger partial charge in [0.2, 0.25) is 0 Å². The molecule has 0 aliphatic carbocycles. The van der Waals surface area contributed by atoms with E-state index in [4.69, 9.17) is 9.47 Å². The number of nitrogens with one attached hydrogen (secondary N) is 2. The molecule has 0 atom stereocenters. The lowest BCUT2D eigenvalue weighted by atomic mass is 9.91. The Bertz CT molecular complexity index is 296. The minimum absolute atomic E-state index is 0. The van der Waals surface area contributed by atoms with Crippen LogP contribution in [0, 0.1) is 0 Å². The normalized spacial score (nSPS) is 21.8.